The lowest BCUT2D eigenvalue weighted by atomic mass is 10.2. The molecular weight excluding hydrogens is 336 g/mol. The smallest absolute Gasteiger partial charge is 0.217 e. The lowest BCUT2D eigenvalue weighted by molar-refractivity contribution is -0.118. The molecular formula is C18H24N4O2S. The zero-order chi connectivity index (χ0) is 17.6. The van der Waals surface area contributed by atoms with Crippen LogP contribution < -0.4 is 10.5 Å². The first-order valence-corrected chi connectivity index (χ1v) is 9.66. The van der Waals surface area contributed by atoms with Crippen LogP contribution in [-0.4, -0.2) is 33.0 Å². The third-order valence-corrected chi connectivity index (χ3v) is 5.05. The van der Waals surface area contributed by atoms with Crippen molar-refractivity contribution in [2.45, 2.75) is 50.2 Å². The Morgan fingerprint density at radius 3 is 2.96 bits per heavy atom. The van der Waals surface area contributed by atoms with Crippen LogP contribution in [0.1, 0.15) is 43.1 Å². The zero-order valence-electron chi connectivity index (χ0n) is 14.5. The summed E-state index contributed by atoms with van der Waals surface area (Å²) in [5.74, 6) is 2.42. The van der Waals surface area contributed by atoms with Gasteiger partial charge < -0.3 is 15.0 Å². The molecule has 0 radical (unpaired) electrons. The number of nitrogens with zero attached hydrogens (tertiary/aromatic N) is 3. The Balaban J connectivity index is 1.47. The summed E-state index contributed by atoms with van der Waals surface area (Å²) >= 11 is 1.70. The van der Waals surface area contributed by atoms with Gasteiger partial charge in [-0.2, -0.15) is 0 Å². The van der Waals surface area contributed by atoms with E-state index >= 15 is 0 Å². The van der Waals surface area contributed by atoms with Crippen LogP contribution in [0.2, 0.25) is 0 Å². The monoisotopic (exact) mass is 360 g/mol. The van der Waals surface area contributed by atoms with Crippen LogP contribution in [0.5, 0.6) is 5.75 Å². The van der Waals surface area contributed by atoms with Crippen molar-refractivity contribution < 1.29 is 9.53 Å². The van der Waals surface area contributed by atoms with Crippen molar-refractivity contribution in [2.24, 2.45) is 5.73 Å². The van der Waals surface area contributed by atoms with Gasteiger partial charge >= 0.3 is 0 Å². The Labute approximate surface area is 152 Å². The molecule has 0 spiro atoms. The summed E-state index contributed by atoms with van der Waals surface area (Å²) in [5, 5.41) is 9.51. The van der Waals surface area contributed by atoms with Crippen molar-refractivity contribution in [3.8, 4) is 5.75 Å². The molecule has 1 fully saturated rings. The number of carbonyl (C=O) groups excluding carboxylic acids is 1. The highest BCUT2D eigenvalue weighted by Crippen LogP contribution is 2.39. The first-order chi connectivity index (χ1) is 12.1. The lowest BCUT2D eigenvalue weighted by Gasteiger charge is -2.09. The summed E-state index contributed by atoms with van der Waals surface area (Å²) in [5.41, 5.74) is 6.45. The van der Waals surface area contributed by atoms with Crippen LogP contribution in [0.15, 0.2) is 29.4 Å². The molecule has 7 heteroatoms. The van der Waals surface area contributed by atoms with Crippen molar-refractivity contribution in [2.75, 3.05) is 12.4 Å². The van der Waals surface area contributed by atoms with E-state index in [1.807, 2.05) is 18.2 Å². The molecule has 1 saturated carbocycles. The average Bonchev–Trinajstić information content (AvgIpc) is 3.33. The normalized spacial score (nSPS) is 13.8. The molecule has 6 nitrogen and oxygen atoms in total. The summed E-state index contributed by atoms with van der Waals surface area (Å²) in [6, 6.07) is 8.58. The van der Waals surface area contributed by atoms with E-state index in [0.717, 1.165) is 41.7 Å². The SMILES string of the molecule is Cc1cccc(OCCCSc2nnc(CCC(N)=O)n2C2CC2)c1. The summed E-state index contributed by atoms with van der Waals surface area (Å²) < 4.78 is 7.97. The van der Waals surface area contributed by atoms with Crippen molar-refractivity contribution >= 4 is 17.7 Å². The fourth-order valence-electron chi connectivity index (χ4n) is 2.63. The minimum Gasteiger partial charge on any atom is -0.494 e. The number of nitrogens with two attached hydrogens (primary N) is 1. The number of hydrogen-bond donors (Lipinski definition) is 1. The number of aryl methyl sites for hydroxylation is 2. The number of aromatic nitrogens is 3. The predicted molar refractivity (Wildman–Crippen MR) is 97.8 cm³/mol. The summed E-state index contributed by atoms with van der Waals surface area (Å²) in [6.07, 6.45) is 4.14. The molecule has 0 aliphatic heterocycles. The van der Waals surface area contributed by atoms with Gasteiger partial charge in [0, 0.05) is 24.6 Å². The van der Waals surface area contributed by atoms with Gasteiger partial charge in [-0.25, -0.2) is 0 Å². The maximum Gasteiger partial charge on any atom is 0.217 e. The first kappa shape index (κ1) is 17.8. The minimum absolute atomic E-state index is 0.298. The third kappa shape index (κ3) is 5.22. The number of rotatable bonds is 10. The van der Waals surface area contributed by atoms with Crippen LogP contribution in [0, 0.1) is 6.92 Å². The van der Waals surface area contributed by atoms with Crippen molar-refractivity contribution in [1.29, 1.82) is 0 Å². The summed E-state index contributed by atoms with van der Waals surface area (Å²) in [6.45, 7) is 2.74. The van der Waals surface area contributed by atoms with Gasteiger partial charge in [-0.15, -0.1) is 10.2 Å². The molecule has 2 aromatic rings. The van der Waals surface area contributed by atoms with E-state index in [1.54, 1.807) is 11.8 Å². The number of amides is 1. The van der Waals surface area contributed by atoms with E-state index < -0.39 is 0 Å². The highest BCUT2D eigenvalue weighted by molar-refractivity contribution is 7.99. The van der Waals surface area contributed by atoms with Crippen molar-refractivity contribution in [3.63, 3.8) is 0 Å². The molecule has 0 bridgehead atoms. The molecule has 25 heavy (non-hydrogen) atoms. The minimum atomic E-state index is -0.298. The summed E-state index contributed by atoms with van der Waals surface area (Å²) in [7, 11) is 0. The predicted octanol–water partition coefficient (Wildman–Crippen LogP) is 2.90. The maximum absolute atomic E-state index is 11.0. The van der Waals surface area contributed by atoms with Gasteiger partial charge in [0.2, 0.25) is 5.91 Å². The van der Waals surface area contributed by atoms with E-state index in [2.05, 4.69) is 27.8 Å². The molecule has 0 saturated heterocycles. The number of carbonyl (C=O) groups is 1. The number of hydrogen-bond acceptors (Lipinski definition) is 5. The van der Waals surface area contributed by atoms with Crippen molar-refractivity contribution in [3.05, 3.63) is 35.7 Å². The second kappa shape index (κ2) is 8.38. The Morgan fingerprint density at radius 1 is 1.40 bits per heavy atom. The molecule has 0 atom stereocenters. The quantitative estimate of drug-likeness (QED) is 0.520. The zero-order valence-corrected chi connectivity index (χ0v) is 15.3. The van der Waals surface area contributed by atoms with Crippen molar-refractivity contribution in [1.82, 2.24) is 14.8 Å². The Kier molecular flexibility index (Phi) is 5.96. The van der Waals surface area contributed by atoms with E-state index in [0.29, 0.717) is 25.5 Å². The largest absolute Gasteiger partial charge is 0.494 e. The average molecular weight is 360 g/mol. The second-order valence-electron chi connectivity index (χ2n) is 6.33. The standard InChI is InChI=1S/C18H24N4O2S/c1-13-4-2-5-15(12-13)24-10-3-11-25-18-21-20-17(9-8-16(19)23)22(18)14-6-7-14/h2,4-5,12,14H,3,6-11H2,1H3,(H2,19,23). The molecule has 1 aromatic heterocycles. The maximum atomic E-state index is 11.0. The van der Waals surface area contributed by atoms with Gasteiger partial charge in [-0.05, 0) is 43.9 Å². The van der Waals surface area contributed by atoms with E-state index in [-0.39, 0.29) is 5.91 Å². The Morgan fingerprint density at radius 2 is 2.24 bits per heavy atom. The number of primary amides is 1. The molecule has 0 unspecified atom stereocenters. The molecule has 1 aliphatic carbocycles. The molecule has 1 aromatic carbocycles. The van der Waals surface area contributed by atoms with Gasteiger partial charge in [0.05, 0.1) is 6.61 Å². The molecule has 1 heterocycles. The highest BCUT2D eigenvalue weighted by atomic mass is 32.2. The Bertz CT molecular complexity index is 728. The molecule has 134 valence electrons. The second-order valence-corrected chi connectivity index (χ2v) is 7.40. The number of thioether (sulfide) groups is 1. The van der Waals surface area contributed by atoms with Gasteiger partial charge in [0.25, 0.3) is 0 Å². The van der Waals surface area contributed by atoms with Gasteiger partial charge in [0.1, 0.15) is 11.6 Å². The van der Waals surface area contributed by atoms with E-state index in [1.165, 1.54) is 5.56 Å². The van der Waals surface area contributed by atoms with Crippen LogP contribution in [0.25, 0.3) is 0 Å². The van der Waals surface area contributed by atoms with Gasteiger partial charge in [-0.3, -0.25) is 4.79 Å². The van der Waals surface area contributed by atoms with E-state index in [4.69, 9.17) is 10.5 Å². The topological polar surface area (TPSA) is 83.0 Å². The van der Waals surface area contributed by atoms with Crippen LogP contribution in [-0.2, 0) is 11.2 Å². The van der Waals surface area contributed by atoms with Gasteiger partial charge in [-0.1, -0.05) is 23.9 Å². The van der Waals surface area contributed by atoms with Crippen LogP contribution >= 0.6 is 11.8 Å². The van der Waals surface area contributed by atoms with Gasteiger partial charge in [0.15, 0.2) is 5.16 Å². The molecule has 3 rings (SSSR count). The highest BCUT2D eigenvalue weighted by Gasteiger charge is 2.29. The van der Waals surface area contributed by atoms with Crippen LogP contribution in [0.3, 0.4) is 0 Å². The van der Waals surface area contributed by atoms with E-state index in [9.17, 15) is 4.79 Å². The summed E-state index contributed by atoms with van der Waals surface area (Å²) in [4.78, 5) is 11.0. The number of ether oxygens (including phenoxy) is 1. The molecule has 1 amide bonds. The first-order valence-electron chi connectivity index (χ1n) is 8.68. The van der Waals surface area contributed by atoms with Crippen LogP contribution in [0.4, 0.5) is 0 Å². The lowest BCUT2D eigenvalue weighted by Crippen LogP contribution is -2.13. The fourth-order valence-corrected chi connectivity index (χ4v) is 3.57. The molecule has 2 N–H and O–H groups in total. The molecule has 1 aliphatic rings. The number of benzene rings is 1. The fraction of sp³-hybridized carbons (Fsp3) is 0.500. The Hall–Kier alpha value is -2.02. The third-order valence-electron chi connectivity index (χ3n) is 4.02.